The summed E-state index contributed by atoms with van der Waals surface area (Å²) in [6, 6.07) is 1.29. The monoisotopic (exact) mass is 211 g/mol. The van der Waals surface area contributed by atoms with Crippen molar-refractivity contribution >= 4 is 5.97 Å². The summed E-state index contributed by atoms with van der Waals surface area (Å²) in [5.41, 5.74) is 7.45. The summed E-state index contributed by atoms with van der Waals surface area (Å²) in [6.45, 7) is 4.11. The van der Waals surface area contributed by atoms with Crippen LogP contribution in [0.25, 0.3) is 0 Å². The standard InChI is InChI=1S/C10H17N3O2/c1-6(2)9-5-7(12-13-9)4-8(11)10(14)15-3/h5-6,8H,4,11H2,1-3H3,(H,12,13)/t8-/m0/s1. The predicted molar refractivity (Wildman–Crippen MR) is 56.4 cm³/mol. The van der Waals surface area contributed by atoms with Crippen molar-refractivity contribution in [3.8, 4) is 0 Å². The lowest BCUT2D eigenvalue weighted by Crippen LogP contribution is -2.33. The Hall–Kier alpha value is -1.36. The number of carbonyl (C=O) groups is 1. The third kappa shape index (κ3) is 3.06. The Morgan fingerprint density at radius 1 is 1.67 bits per heavy atom. The predicted octanol–water partition coefficient (Wildman–Crippen LogP) is 0.576. The number of rotatable bonds is 4. The van der Waals surface area contributed by atoms with Gasteiger partial charge in [-0.3, -0.25) is 9.89 Å². The Balaban J connectivity index is 2.61. The zero-order chi connectivity index (χ0) is 11.4. The van der Waals surface area contributed by atoms with Gasteiger partial charge in [-0.2, -0.15) is 5.10 Å². The van der Waals surface area contributed by atoms with Crippen LogP contribution in [0.15, 0.2) is 6.07 Å². The van der Waals surface area contributed by atoms with Crippen molar-refractivity contribution in [3.63, 3.8) is 0 Å². The number of methoxy groups -OCH3 is 1. The highest BCUT2D eigenvalue weighted by Crippen LogP contribution is 2.12. The molecular weight excluding hydrogens is 194 g/mol. The normalized spacial score (nSPS) is 12.9. The molecule has 3 N–H and O–H groups in total. The van der Waals surface area contributed by atoms with Gasteiger partial charge >= 0.3 is 5.97 Å². The third-order valence-corrected chi connectivity index (χ3v) is 2.19. The van der Waals surface area contributed by atoms with E-state index < -0.39 is 12.0 Å². The number of carbonyl (C=O) groups excluding carboxylic acids is 1. The summed E-state index contributed by atoms with van der Waals surface area (Å²) < 4.78 is 4.54. The molecule has 84 valence electrons. The van der Waals surface area contributed by atoms with Crippen molar-refractivity contribution in [3.05, 3.63) is 17.5 Å². The Labute approximate surface area is 89.0 Å². The van der Waals surface area contributed by atoms with Crippen molar-refractivity contribution in [1.82, 2.24) is 10.2 Å². The first kappa shape index (κ1) is 11.7. The summed E-state index contributed by atoms with van der Waals surface area (Å²) in [5, 5.41) is 6.98. The van der Waals surface area contributed by atoms with Crippen LogP contribution in [0, 0.1) is 0 Å². The fraction of sp³-hybridized carbons (Fsp3) is 0.600. The van der Waals surface area contributed by atoms with Gasteiger partial charge in [0.05, 0.1) is 12.8 Å². The van der Waals surface area contributed by atoms with E-state index in [-0.39, 0.29) is 0 Å². The lowest BCUT2D eigenvalue weighted by Gasteiger charge is -2.06. The largest absolute Gasteiger partial charge is 0.468 e. The van der Waals surface area contributed by atoms with E-state index in [1.807, 2.05) is 6.07 Å². The molecule has 0 aliphatic rings. The molecule has 0 aromatic carbocycles. The molecule has 5 nitrogen and oxygen atoms in total. The van der Waals surface area contributed by atoms with Gasteiger partial charge < -0.3 is 10.5 Å². The minimum Gasteiger partial charge on any atom is -0.468 e. The average molecular weight is 211 g/mol. The van der Waals surface area contributed by atoms with Gasteiger partial charge in [-0.25, -0.2) is 0 Å². The van der Waals surface area contributed by atoms with Crippen LogP contribution in [0.5, 0.6) is 0 Å². The van der Waals surface area contributed by atoms with Gasteiger partial charge in [0.1, 0.15) is 6.04 Å². The molecule has 5 heteroatoms. The molecule has 1 heterocycles. The number of nitrogens with zero attached hydrogens (tertiary/aromatic N) is 1. The van der Waals surface area contributed by atoms with Gasteiger partial charge in [0.25, 0.3) is 0 Å². The average Bonchev–Trinajstić information content (AvgIpc) is 2.65. The molecule has 0 saturated carbocycles. The molecule has 1 aromatic heterocycles. The summed E-state index contributed by atoms with van der Waals surface area (Å²) in [4.78, 5) is 11.1. The quantitative estimate of drug-likeness (QED) is 0.714. The van der Waals surface area contributed by atoms with Gasteiger partial charge in [-0.1, -0.05) is 13.8 Å². The van der Waals surface area contributed by atoms with Crippen molar-refractivity contribution in [1.29, 1.82) is 0 Å². The second-order valence-corrected chi connectivity index (χ2v) is 3.81. The number of esters is 1. The van der Waals surface area contributed by atoms with Crippen LogP contribution in [0.4, 0.5) is 0 Å². The van der Waals surface area contributed by atoms with Crippen molar-refractivity contribution in [2.75, 3.05) is 7.11 Å². The summed E-state index contributed by atoms with van der Waals surface area (Å²) >= 11 is 0. The number of hydrogen-bond acceptors (Lipinski definition) is 4. The fourth-order valence-electron chi connectivity index (χ4n) is 1.25. The molecule has 1 rings (SSSR count). The van der Waals surface area contributed by atoms with E-state index in [1.54, 1.807) is 0 Å². The van der Waals surface area contributed by atoms with Crippen LogP contribution in [0.2, 0.25) is 0 Å². The van der Waals surface area contributed by atoms with E-state index in [0.29, 0.717) is 12.3 Å². The molecule has 0 amide bonds. The number of ether oxygens (including phenoxy) is 1. The molecule has 15 heavy (non-hydrogen) atoms. The first-order valence-corrected chi connectivity index (χ1v) is 4.92. The van der Waals surface area contributed by atoms with Crippen LogP contribution in [-0.2, 0) is 16.0 Å². The van der Waals surface area contributed by atoms with Gasteiger partial charge in [0.15, 0.2) is 0 Å². The molecule has 0 saturated heterocycles. The number of H-pyrrole nitrogens is 1. The van der Waals surface area contributed by atoms with Crippen LogP contribution in [0.1, 0.15) is 31.2 Å². The third-order valence-electron chi connectivity index (χ3n) is 2.19. The molecule has 1 atom stereocenters. The van der Waals surface area contributed by atoms with Crippen molar-refractivity contribution < 1.29 is 9.53 Å². The molecule has 0 fully saturated rings. The molecule has 1 aromatic rings. The summed E-state index contributed by atoms with van der Waals surface area (Å²) in [6.07, 6.45) is 0.423. The van der Waals surface area contributed by atoms with Crippen LogP contribution < -0.4 is 5.73 Å². The lowest BCUT2D eigenvalue weighted by molar-refractivity contribution is -0.142. The Kier molecular flexibility index (Phi) is 3.85. The smallest absolute Gasteiger partial charge is 0.323 e. The van der Waals surface area contributed by atoms with Gasteiger partial charge in [-0.05, 0) is 12.0 Å². The van der Waals surface area contributed by atoms with Crippen LogP contribution in [-0.4, -0.2) is 29.3 Å². The zero-order valence-corrected chi connectivity index (χ0v) is 9.28. The zero-order valence-electron chi connectivity index (χ0n) is 9.28. The number of nitrogens with two attached hydrogens (primary N) is 1. The van der Waals surface area contributed by atoms with E-state index in [4.69, 9.17) is 5.73 Å². The SMILES string of the molecule is COC(=O)[C@@H](N)Cc1cc(C(C)C)n[nH]1. The van der Waals surface area contributed by atoms with Crippen molar-refractivity contribution in [2.45, 2.75) is 32.2 Å². The first-order valence-electron chi connectivity index (χ1n) is 4.92. The molecule has 0 radical (unpaired) electrons. The lowest BCUT2D eigenvalue weighted by atomic mass is 10.1. The van der Waals surface area contributed by atoms with Gasteiger partial charge in [0, 0.05) is 12.1 Å². The minimum atomic E-state index is -0.629. The van der Waals surface area contributed by atoms with Crippen LogP contribution in [0.3, 0.4) is 0 Å². The maximum absolute atomic E-state index is 11.1. The molecular formula is C10H17N3O2. The number of hydrogen-bond donors (Lipinski definition) is 2. The Morgan fingerprint density at radius 3 is 2.80 bits per heavy atom. The first-order chi connectivity index (χ1) is 7.04. The van der Waals surface area contributed by atoms with E-state index >= 15 is 0 Å². The fourth-order valence-corrected chi connectivity index (χ4v) is 1.25. The number of nitrogens with one attached hydrogen (secondary N) is 1. The minimum absolute atomic E-state index is 0.365. The Bertz CT molecular complexity index is 333. The second-order valence-electron chi connectivity index (χ2n) is 3.81. The maximum Gasteiger partial charge on any atom is 0.323 e. The van der Waals surface area contributed by atoms with Crippen LogP contribution >= 0.6 is 0 Å². The molecule has 0 unspecified atom stereocenters. The van der Waals surface area contributed by atoms with Gasteiger partial charge in [0.2, 0.25) is 0 Å². The topological polar surface area (TPSA) is 81.0 Å². The summed E-state index contributed by atoms with van der Waals surface area (Å²) in [7, 11) is 1.33. The maximum atomic E-state index is 11.1. The molecule has 0 aliphatic carbocycles. The number of aromatic amines is 1. The molecule has 0 bridgehead atoms. The van der Waals surface area contributed by atoms with Crippen molar-refractivity contribution in [2.24, 2.45) is 5.73 Å². The van der Waals surface area contributed by atoms with Gasteiger partial charge in [-0.15, -0.1) is 0 Å². The second kappa shape index (κ2) is 4.93. The van der Waals surface area contributed by atoms with E-state index in [1.165, 1.54) is 7.11 Å². The van der Waals surface area contributed by atoms with E-state index in [9.17, 15) is 4.79 Å². The highest BCUT2D eigenvalue weighted by Gasteiger charge is 2.16. The highest BCUT2D eigenvalue weighted by atomic mass is 16.5. The highest BCUT2D eigenvalue weighted by molar-refractivity contribution is 5.75. The van der Waals surface area contributed by atoms with E-state index in [0.717, 1.165) is 11.4 Å². The Morgan fingerprint density at radius 2 is 2.33 bits per heavy atom. The molecule has 0 aliphatic heterocycles. The number of aromatic nitrogens is 2. The molecule has 0 spiro atoms. The van der Waals surface area contributed by atoms with E-state index in [2.05, 4.69) is 28.8 Å². The summed E-state index contributed by atoms with van der Waals surface area (Å²) in [5.74, 6) is -0.0416.